The number of hydrogen-bond donors (Lipinski definition) is 2. The topological polar surface area (TPSA) is 84.2 Å². The fraction of sp³-hybridized carbons (Fsp3) is 0.0870. The van der Waals surface area contributed by atoms with Crippen LogP contribution >= 0.6 is 0 Å². The van der Waals surface area contributed by atoms with Gasteiger partial charge in [-0.1, -0.05) is 24.3 Å². The second kappa shape index (κ2) is 7.24. The van der Waals surface area contributed by atoms with Crippen LogP contribution in [0.5, 0.6) is 5.75 Å². The van der Waals surface area contributed by atoms with Crippen LogP contribution in [-0.4, -0.2) is 20.6 Å². The maximum atomic E-state index is 13.3. The molecular weight excluding hydrogens is 366 g/mol. The van der Waals surface area contributed by atoms with E-state index in [0.29, 0.717) is 16.8 Å². The highest BCUT2D eigenvalue weighted by Crippen LogP contribution is 2.27. The quantitative estimate of drug-likeness (QED) is 0.559. The molecular formula is C23H19N3O3. The summed E-state index contributed by atoms with van der Waals surface area (Å²) < 4.78 is 1.34. The highest BCUT2D eigenvalue weighted by molar-refractivity contribution is 6.09. The third kappa shape index (κ3) is 3.36. The van der Waals surface area contributed by atoms with Crippen molar-refractivity contribution >= 4 is 22.6 Å². The molecule has 0 fully saturated rings. The Morgan fingerprint density at radius 3 is 2.38 bits per heavy atom. The van der Waals surface area contributed by atoms with E-state index in [1.165, 1.54) is 10.8 Å². The summed E-state index contributed by atoms with van der Waals surface area (Å²) in [5, 5.41) is 13.8. The lowest BCUT2D eigenvalue weighted by molar-refractivity contribution is 0.102. The summed E-state index contributed by atoms with van der Waals surface area (Å²) in [5.74, 6) is -1.06. The van der Waals surface area contributed by atoms with Crippen LogP contribution in [0.25, 0.3) is 16.7 Å². The molecule has 0 bridgehead atoms. The Morgan fingerprint density at radius 2 is 1.69 bits per heavy atom. The highest BCUT2D eigenvalue weighted by Gasteiger charge is 2.23. The summed E-state index contributed by atoms with van der Waals surface area (Å²) in [7, 11) is 0. The molecule has 2 heterocycles. The normalized spacial score (nSPS) is 10.8. The molecule has 0 spiro atoms. The molecule has 2 aromatic carbocycles. The summed E-state index contributed by atoms with van der Waals surface area (Å²) in [6, 6.07) is 17.8. The van der Waals surface area contributed by atoms with Crippen LogP contribution in [0.4, 0.5) is 5.69 Å². The van der Waals surface area contributed by atoms with Gasteiger partial charge in [0.1, 0.15) is 11.3 Å². The molecule has 0 unspecified atom stereocenters. The summed E-state index contributed by atoms with van der Waals surface area (Å²) in [6.45, 7) is 3.84. The van der Waals surface area contributed by atoms with Crippen LogP contribution < -0.4 is 10.9 Å². The molecule has 0 radical (unpaired) electrons. The van der Waals surface area contributed by atoms with Gasteiger partial charge in [0.25, 0.3) is 11.5 Å². The predicted molar refractivity (Wildman–Crippen MR) is 113 cm³/mol. The Morgan fingerprint density at radius 1 is 1.00 bits per heavy atom. The van der Waals surface area contributed by atoms with E-state index in [9.17, 15) is 14.7 Å². The third-order valence-electron chi connectivity index (χ3n) is 4.63. The molecule has 6 nitrogen and oxygen atoms in total. The SMILES string of the molecule is Cc1cc(C)cc(NC(=O)c2c(O)c3cccnc3n(-c3ccccc3)c2=O)c1. The number of carbonyl (C=O) groups is 1. The van der Waals surface area contributed by atoms with Crippen molar-refractivity contribution < 1.29 is 9.90 Å². The van der Waals surface area contributed by atoms with Crippen LogP contribution in [0.2, 0.25) is 0 Å². The number of rotatable bonds is 3. The number of aromatic nitrogens is 2. The molecule has 0 aliphatic carbocycles. The maximum absolute atomic E-state index is 13.3. The van der Waals surface area contributed by atoms with Gasteiger partial charge in [-0.15, -0.1) is 0 Å². The number of carbonyl (C=O) groups excluding carboxylic acids is 1. The van der Waals surface area contributed by atoms with Crippen LogP contribution in [-0.2, 0) is 0 Å². The van der Waals surface area contributed by atoms with Crippen LogP contribution in [0.15, 0.2) is 71.7 Å². The Labute approximate surface area is 167 Å². The van der Waals surface area contributed by atoms with Crippen molar-refractivity contribution in [1.82, 2.24) is 9.55 Å². The number of aryl methyl sites for hydroxylation is 2. The summed E-state index contributed by atoms with van der Waals surface area (Å²) in [5.41, 5.74) is 2.40. The van der Waals surface area contributed by atoms with Crippen molar-refractivity contribution in [2.24, 2.45) is 0 Å². The number of hydrogen-bond acceptors (Lipinski definition) is 4. The van der Waals surface area contributed by atoms with Crippen LogP contribution in [0, 0.1) is 13.8 Å². The average molecular weight is 385 g/mol. The molecule has 144 valence electrons. The molecule has 4 rings (SSSR count). The van der Waals surface area contributed by atoms with Crippen molar-refractivity contribution in [3.05, 3.63) is 93.9 Å². The van der Waals surface area contributed by atoms with Gasteiger partial charge < -0.3 is 10.4 Å². The van der Waals surface area contributed by atoms with Gasteiger partial charge in [-0.3, -0.25) is 14.2 Å². The van der Waals surface area contributed by atoms with Crippen molar-refractivity contribution in [2.75, 3.05) is 5.32 Å². The van der Waals surface area contributed by atoms with Crippen molar-refractivity contribution in [1.29, 1.82) is 0 Å². The van der Waals surface area contributed by atoms with E-state index in [4.69, 9.17) is 0 Å². The zero-order chi connectivity index (χ0) is 20.5. The molecule has 0 saturated heterocycles. The first-order valence-corrected chi connectivity index (χ1v) is 9.13. The van der Waals surface area contributed by atoms with Gasteiger partial charge in [0.15, 0.2) is 5.65 Å². The van der Waals surface area contributed by atoms with Gasteiger partial charge >= 0.3 is 0 Å². The number of amides is 1. The van der Waals surface area contributed by atoms with Crippen molar-refractivity contribution in [3.8, 4) is 11.4 Å². The Kier molecular flexibility index (Phi) is 4.60. The summed E-state index contributed by atoms with van der Waals surface area (Å²) in [6.07, 6.45) is 1.54. The second-order valence-corrected chi connectivity index (χ2v) is 6.90. The lowest BCUT2D eigenvalue weighted by atomic mass is 10.1. The first kappa shape index (κ1) is 18.4. The van der Waals surface area contributed by atoms with Gasteiger partial charge in [-0.2, -0.15) is 0 Å². The number of anilines is 1. The minimum atomic E-state index is -0.673. The van der Waals surface area contributed by atoms with E-state index < -0.39 is 11.5 Å². The molecule has 6 heteroatoms. The lowest BCUT2D eigenvalue weighted by Crippen LogP contribution is -2.29. The molecule has 0 aliphatic rings. The van der Waals surface area contributed by atoms with E-state index >= 15 is 0 Å². The smallest absolute Gasteiger partial charge is 0.273 e. The highest BCUT2D eigenvalue weighted by atomic mass is 16.3. The fourth-order valence-electron chi connectivity index (χ4n) is 3.47. The van der Waals surface area contributed by atoms with E-state index in [2.05, 4.69) is 10.3 Å². The fourth-order valence-corrected chi connectivity index (χ4v) is 3.47. The molecule has 2 aromatic heterocycles. The van der Waals surface area contributed by atoms with E-state index in [-0.39, 0.29) is 17.0 Å². The largest absolute Gasteiger partial charge is 0.506 e. The zero-order valence-electron chi connectivity index (χ0n) is 16.0. The standard InChI is InChI=1S/C23H19N3O3/c1-14-11-15(2)13-16(12-14)25-22(28)19-20(27)18-9-6-10-24-21(18)26(23(19)29)17-7-4-3-5-8-17/h3-13,27H,1-2H3,(H,25,28). The van der Waals surface area contributed by atoms with Gasteiger partial charge in [0.2, 0.25) is 0 Å². The van der Waals surface area contributed by atoms with Crippen molar-refractivity contribution in [2.45, 2.75) is 13.8 Å². The lowest BCUT2D eigenvalue weighted by Gasteiger charge is -2.14. The summed E-state index contributed by atoms with van der Waals surface area (Å²) >= 11 is 0. The number of nitrogens with one attached hydrogen (secondary N) is 1. The number of nitrogens with zero attached hydrogens (tertiary/aromatic N) is 2. The summed E-state index contributed by atoms with van der Waals surface area (Å²) in [4.78, 5) is 30.5. The van der Waals surface area contributed by atoms with Gasteiger partial charge in [0, 0.05) is 11.9 Å². The van der Waals surface area contributed by atoms with E-state index in [0.717, 1.165) is 11.1 Å². The van der Waals surface area contributed by atoms with Crippen LogP contribution in [0.3, 0.4) is 0 Å². The number of benzene rings is 2. The van der Waals surface area contributed by atoms with Crippen molar-refractivity contribution in [3.63, 3.8) is 0 Å². The number of pyridine rings is 2. The molecule has 0 aliphatic heterocycles. The maximum Gasteiger partial charge on any atom is 0.273 e. The van der Waals surface area contributed by atoms with E-state index in [1.807, 2.05) is 26.0 Å². The Hall–Kier alpha value is -3.93. The predicted octanol–water partition coefficient (Wildman–Crippen LogP) is 3.96. The number of aromatic hydroxyl groups is 1. The second-order valence-electron chi connectivity index (χ2n) is 6.90. The van der Waals surface area contributed by atoms with Gasteiger partial charge in [-0.25, -0.2) is 4.98 Å². The molecule has 0 atom stereocenters. The minimum absolute atomic E-state index is 0.282. The molecule has 1 amide bonds. The monoisotopic (exact) mass is 385 g/mol. The molecule has 0 saturated carbocycles. The Bertz CT molecular complexity index is 1270. The molecule has 2 N–H and O–H groups in total. The average Bonchev–Trinajstić information content (AvgIpc) is 2.68. The van der Waals surface area contributed by atoms with E-state index in [1.54, 1.807) is 48.5 Å². The molecule has 4 aromatic rings. The first-order chi connectivity index (χ1) is 14.0. The third-order valence-corrected chi connectivity index (χ3v) is 4.63. The van der Waals surface area contributed by atoms with Gasteiger partial charge in [0.05, 0.1) is 11.1 Å². The zero-order valence-corrected chi connectivity index (χ0v) is 16.0. The van der Waals surface area contributed by atoms with Crippen LogP contribution in [0.1, 0.15) is 21.5 Å². The number of para-hydroxylation sites is 1. The number of fused-ring (bicyclic) bond motifs is 1. The Balaban J connectivity index is 1.93. The first-order valence-electron chi connectivity index (χ1n) is 9.13. The minimum Gasteiger partial charge on any atom is -0.506 e. The molecule has 29 heavy (non-hydrogen) atoms. The van der Waals surface area contributed by atoms with Gasteiger partial charge in [-0.05, 0) is 61.4 Å².